The maximum absolute atomic E-state index is 6.16. The Labute approximate surface area is 362 Å². The average Bonchev–Trinajstić information content (AvgIpc) is 3.22. The first-order valence-corrected chi connectivity index (χ1v) is 38.3. The van der Waals surface area contributed by atoms with Crippen molar-refractivity contribution in [2.45, 2.75) is 240 Å². The Hall–Kier alpha value is 2.49. The molecule has 8 heteroatoms. The summed E-state index contributed by atoms with van der Waals surface area (Å²) in [5.41, 5.74) is 9.63. The minimum absolute atomic E-state index is 0.997. The molecule has 6 fully saturated rings. The van der Waals surface area contributed by atoms with Gasteiger partial charge in [0, 0.05) is 0 Å². The number of rotatable bonds is 12. The van der Waals surface area contributed by atoms with Crippen LogP contribution in [0.3, 0.4) is 0 Å². The molecule has 0 saturated heterocycles. The van der Waals surface area contributed by atoms with Crippen LogP contribution in [0.15, 0.2) is 23.3 Å². The summed E-state index contributed by atoms with van der Waals surface area (Å²) >= 11 is -3.36. The predicted octanol–water partition coefficient (Wildman–Crippen LogP) is 17.4. The number of halogens is 4. The van der Waals surface area contributed by atoms with E-state index in [0.29, 0.717) is 0 Å². The van der Waals surface area contributed by atoms with Gasteiger partial charge in [-0.15, -0.1) is 0 Å². The van der Waals surface area contributed by atoms with Crippen molar-refractivity contribution in [1.29, 1.82) is 0 Å². The van der Waals surface area contributed by atoms with Crippen LogP contribution in [0.2, 0.25) is 0 Å². The van der Waals surface area contributed by atoms with Crippen molar-refractivity contribution >= 4 is 62.5 Å². The topological polar surface area (TPSA) is 0 Å². The maximum atomic E-state index is 6.16. The van der Waals surface area contributed by atoms with Gasteiger partial charge in [0.2, 0.25) is 0 Å². The molecule has 0 aromatic carbocycles. The fraction of sp³-hybridized carbons (Fsp3) is 0.870. The van der Waals surface area contributed by atoms with Crippen molar-refractivity contribution in [3.63, 3.8) is 0 Å². The summed E-state index contributed by atoms with van der Waals surface area (Å²) in [6.07, 6.45) is 52.9. The molecule has 0 aliphatic heterocycles. The second-order valence-electron chi connectivity index (χ2n) is 18.7. The fourth-order valence-corrected chi connectivity index (χ4v) is 30.7. The van der Waals surface area contributed by atoms with Crippen molar-refractivity contribution in [2.24, 2.45) is 0 Å². The zero-order valence-corrected chi connectivity index (χ0v) is 42.8. The van der Waals surface area contributed by atoms with Gasteiger partial charge < -0.3 is 0 Å². The molecule has 0 spiro atoms. The Morgan fingerprint density at radius 2 is 0.556 bits per heavy atom. The number of hydrogen-bond donors (Lipinski definition) is 0. The fourth-order valence-electron chi connectivity index (χ4n) is 13.2. The predicted molar refractivity (Wildman–Crippen MR) is 248 cm³/mol. The van der Waals surface area contributed by atoms with Crippen molar-refractivity contribution in [3.8, 4) is 0 Å². The van der Waals surface area contributed by atoms with Crippen LogP contribution in [-0.2, 0) is 27.0 Å². The third kappa shape index (κ3) is 13.7. The second kappa shape index (κ2) is 25.4. The van der Waals surface area contributed by atoms with Gasteiger partial charge >= 0.3 is 366 Å². The van der Waals surface area contributed by atoms with E-state index in [0.717, 1.165) is 34.0 Å². The first-order chi connectivity index (χ1) is 26.3. The third-order valence-corrected chi connectivity index (χ3v) is 32.4. The summed E-state index contributed by atoms with van der Waals surface area (Å²) in [4.78, 5) is 0. The Morgan fingerprint density at radius 1 is 0.370 bits per heavy atom. The van der Waals surface area contributed by atoms with Gasteiger partial charge in [-0.05, 0) is 0 Å². The van der Waals surface area contributed by atoms with E-state index < -0.39 is 41.6 Å². The Kier molecular flexibility index (Phi) is 22.4. The van der Waals surface area contributed by atoms with Gasteiger partial charge in [0.1, 0.15) is 0 Å². The van der Waals surface area contributed by atoms with E-state index >= 15 is 0 Å². The Bertz CT molecular complexity index is 1020. The average molecular weight is 1040 g/mol. The molecule has 0 aromatic heterocycles. The summed E-state index contributed by atoms with van der Waals surface area (Å²) in [5.74, 6) is 0. The quantitative estimate of drug-likeness (QED) is 0.135. The molecule has 0 unspecified atom stereocenters. The molecule has 6 rings (SSSR count). The summed E-state index contributed by atoms with van der Waals surface area (Å²) < 4.78 is 4.28. The molecule has 0 amide bonds. The van der Waals surface area contributed by atoms with E-state index in [2.05, 4.69) is 35.2 Å². The van der Waals surface area contributed by atoms with E-state index in [9.17, 15) is 0 Å². The summed E-state index contributed by atoms with van der Waals surface area (Å²) in [5, 5.41) is 0. The Morgan fingerprint density at radius 3 is 0.722 bits per heavy atom. The molecule has 0 heterocycles. The van der Waals surface area contributed by atoms with Gasteiger partial charge in [-0.3, -0.25) is 0 Å². The molecule has 0 atom stereocenters. The molecular formula is C46H80Cl4P2Ru2+2. The zero-order valence-electron chi connectivity index (χ0n) is 34.5. The van der Waals surface area contributed by atoms with Gasteiger partial charge in [0.15, 0.2) is 0 Å². The van der Waals surface area contributed by atoms with Crippen molar-refractivity contribution in [2.75, 3.05) is 12.3 Å². The summed E-state index contributed by atoms with van der Waals surface area (Å²) in [7, 11) is 22.6. The van der Waals surface area contributed by atoms with Crippen LogP contribution in [0.4, 0.5) is 0 Å². The molecule has 316 valence electrons. The van der Waals surface area contributed by atoms with Crippen LogP contribution in [-0.4, -0.2) is 55.5 Å². The molecule has 54 heavy (non-hydrogen) atoms. The molecule has 0 nitrogen and oxygen atoms in total. The molecular weight excluding hydrogens is 958 g/mol. The van der Waals surface area contributed by atoms with Crippen molar-refractivity contribution < 1.29 is 27.0 Å². The van der Waals surface area contributed by atoms with Gasteiger partial charge in [-0.2, -0.15) is 0 Å². The first kappa shape index (κ1) is 47.5. The normalized spacial score (nSPS) is 25.4. The molecule has 6 saturated carbocycles. The second-order valence-corrected chi connectivity index (χ2v) is 39.3. The summed E-state index contributed by atoms with van der Waals surface area (Å²) in [6.45, 7) is 4.79. The van der Waals surface area contributed by atoms with Gasteiger partial charge in [-0.25, -0.2) is 0 Å². The van der Waals surface area contributed by atoms with Crippen LogP contribution in [0.1, 0.15) is 206 Å². The first-order valence-electron chi connectivity index (χ1n) is 23.0. The minimum atomic E-state index is -1.68. The number of hydrogen-bond acceptors (Lipinski definition) is 0. The van der Waals surface area contributed by atoms with E-state index in [1.54, 1.807) is 88.2 Å². The molecule has 0 N–H and O–H groups in total. The zero-order chi connectivity index (χ0) is 38.2. The number of allylic oxidation sites excluding steroid dienone is 4. The Balaban J connectivity index is 0.000000208. The molecule has 0 bridgehead atoms. The van der Waals surface area contributed by atoms with E-state index in [1.807, 2.05) is 0 Å². The van der Waals surface area contributed by atoms with Crippen LogP contribution >= 0.6 is 53.3 Å². The van der Waals surface area contributed by atoms with Gasteiger partial charge in [0.05, 0.1) is 0 Å². The molecule has 0 aromatic rings. The van der Waals surface area contributed by atoms with Crippen LogP contribution < -0.4 is 0 Å². The van der Waals surface area contributed by atoms with Crippen LogP contribution in [0.5, 0.6) is 0 Å². The molecule has 6 aliphatic carbocycles. The van der Waals surface area contributed by atoms with Gasteiger partial charge in [0.25, 0.3) is 0 Å². The van der Waals surface area contributed by atoms with E-state index in [4.69, 9.17) is 38.8 Å². The van der Waals surface area contributed by atoms with Crippen molar-refractivity contribution in [1.82, 2.24) is 0 Å². The van der Waals surface area contributed by atoms with Crippen LogP contribution in [0.25, 0.3) is 0 Å². The van der Waals surface area contributed by atoms with Crippen molar-refractivity contribution in [3.05, 3.63) is 23.3 Å². The SMILES string of the molecule is CC(=C[CH]=[Ru]([Cl])[Cl])C[P+](C1CCCCC1)(C1CCCCC1)C1CCCCC1.CC(=C[CH]=[Ru]([Cl])[Cl])C[P+](C1CCCCC1)(C1CCCCC1)C1CCCCC1. The molecule has 6 aliphatic rings. The molecule has 0 radical (unpaired) electrons. The van der Waals surface area contributed by atoms with Gasteiger partial charge in [-0.1, -0.05) is 0 Å². The van der Waals surface area contributed by atoms with E-state index in [1.165, 1.54) is 128 Å². The van der Waals surface area contributed by atoms with Crippen LogP contribution in [0, 0.1) is 0 Å². The van der Waals surface area contributed by atoms with E-state index in [-0.39, 0.29) is 0 Å². The standard InChI is InChI=1S/2C23H40P.4ClH.2Ru/c2*1-3-20(2)19-24(21-13-7-4-8-14-21,22-15-9-5-10-16-22)23-17-11-6-12-18-23;;;;;;/h2*1,3,21-23H,4-19H2,2H3;4*1H;;/q2*+1;;;;;2*+2/p-4. The summed E-state index contributed by atoms with van der Waals surface area (Å²) in [6, 6.07) is 0. The third-order valence-electron chi connectivity index (χ3n) is 15.4. The monoisotopic (exact) mass is 1040 g/mol.